The largest absolute Gasteiger partial charge is 0.497 e. The van der Waals surface area contributed by atoms with Crippen LogP contribution in [0.3, 0.4) is 0 Å². The topological polar surface area (TPSA) is 51.0 Å². The number of nitrogens with two attached hydrogens (primary N) is 1. The van der Waals surface area contributed by atoms with E-state index in [1.54, 1.807) is 7.11 Å². The number of ether oxygens (including phenoxy) is 1. The van der Waals surface area contributed by atoms with E-state index in [1.165, 1.54) is 42.1 Å². The maximum absolute atomic E-state index is 6.16. The van der Waals surface area contributed by atoms with Crippen molar-refractivity contribution in [2.75, 3.05) is 13.7 Å². The van der Waals surface area contributed by atoms with Gasteiger partial charge in [-0.15, -0.1) is 0 Å². The molecule has 1 saturated carbocycles. The highest BCUT2D eigenvalue weighted by Crippen LogP contribution is 2.40. The molecule has 1 heterocycles. The van der Waals surface area contributed by atoms with Crippen molar-refractivity contribution in [3.8, 4) is 5.75 Å². The van der Waals surface area contributed by atoms with Gasteiger partial charge in [-0.3, -0.25) is 0 Å². The monoisotopic (exact) mass is 286 g/mol. The number of aromatic nitrogens is 1. The molecule has 0 amide bonds. The summed E-state index contributed by atoms with van der Waals surface area (Å²) in [5, 5.41) is 1.27. The van der Waals surface area contributed by atoms with E-state index in [9.17, 15) is 0 Å². The second-order valence-corrected chi connectivity index (χ2v) is 6.53. The van der Waals surface area contributed by atoms with Crippen LogP contribution in [-0.2, 0) is 0 Å². The fourth-order valence-electron chi connectivity index (χ4n) is 3.97. The van der Waals surface area contributed by atoms with Crippen LogP contribution in [0.15, 0.2) is 24.4 Å². The van der Waals surface area contributed by atoms with Crippen molar-refractivity contribution >= 4 is 10.9 Å². The van der Waals surface area contributed by atoms with Crippen LogP contribution in [0.1, 0.15) is 44.1 Å². The average molecular weight is 286 g/mol. The second kappa shape index (κ2) is 6.10. The molecule has 1 aromatic heterocycles. The molecule has 0 spiro atoms. The molecule has 0 saturated heterocycles. The molecule has 0 bridgehead atoms. The van der Waals surface area contributed by atoms with Gasteiger partial charge in [0.25, 0.3) is 0 Å². The van der Waals surface area contributed by atoms with Crippen molar-refractivity contribution in [2.24, 2.45) is 17.6 Å². The molecule has 3 N–H and O–H groups in total. The first-order valence-corrected chi connectivity index (χ1v) is 8.08. The standard InChI is InChI=1S/C18H26N2O/c1-12-4-3-5-13(8-12)16(10-19)17-11-20-18-7-6-14(21-2)9-15(17)18/h6-7,9,11-13,16,20H,3-5,8,10,19H2,1-2H3. The van der Waals surface area contributed by atoms with Gasteiger partial charge in [0.05, 0.1) is 7.11 Å². The fourth-order valence-corrected chi connectivity index (χ4v) is 3.97. The summed E-state index contributed by atoms with van der Waals surface area (Å²) in [6.45, 7) is 3.10. The van der Waals surface area contributed by atoms with E-state index in [4.69, 9.17) is 10.5 Å². The van der Waals surface area contributed by atoms with Crippen molar-refractivity contribution < 1.29 is 4.74 Å². The summed E-state index contributed by atoms with van der Waals surface area (Å²) in [5.74, 6) is 2.91. The Morgan fingerprint density at radius 1 is 1.38 bits per heavy atom. The van der Waals surface area contributed by atoms with Crippen molar-refractivity contribution in [3.05, 3.63) is 30.0 Å². The molecule has 1 aliphatic rings. The Bertz CT molecular complexity index is 604. The summed E-state index contributed by atoms with van der Waals surface area (Å²) < 4.78 is 5.38. The molecule has 0 radical (unpaired) electrons. The number of hydrogen-bond acceptors (Lipinski definition) is 2. The van der Waals surface area contributed by atoms with Crippen molar-refractivity contribution in [1.82, 2.24) is 4.98 Å². The number of nitrogens with one attached hydrogen (secondary N) is 1. The lowest BCUT2D eigenvalue weighted by atomic mass is 9.73. The minimum absolute atomic E-state index is 0.452. The number of benzene rings is 1. The maximum Gasteiger partial charge on any atom is 0.119 e. The fraction of sp³-hybridized carbons (Fsp3) is 0.556. The first-order valence-electron chi connectivity index (χ1n) is 8.08. The Hall–Kier alpha value is -1.48. The maximum atomic E-state index is 6.16. The first kappa shape index (κ1) is 14.5. The zero-order valence-electron chi connectivity index (χ0n) is 13.1. The van der Waals surface area contributed by atoms with Crippen LogP contribution < -0.4 is 10.5 Å². The molecule has 3 atom stereocenters. The Labute approximate surface area is 126 Å². The normalized spacial score (nSPS) is 24.1. The molecule has 3 rings (SSSR count). The van der Waals surface area contributed by atoms with Crippen molar-refractivity contribution in [2.45, 2.75) is 38.5 Å². The van der Waals surface area contributed by atoms with Gasteiger partial charge in [0.15, 0.2) is 0 Å². The van der Waals surface area contributed by atoms with E-state index >= 15 is 0 Å². The van der Waals surface area contributed by atoms with E-state index in [2.05, 4.69) is 30.2 Å². The third-order valence-electron chi connectivity index (χ3n) is 5.12. The number of H-pyrrole nitrogens is 1. The van der Waals surface area contributed by atoms with E-state index < -0.39 is 0 Å². The molecule has 1 aromatic carbocycles. The van der Waals surface area contributed by atoms with E-state index in [0.29, 0.717) is 11.8 Å². The Kier molecular flexibility index (Phi) is 4.20. The molecular formula is C18H26N2O. The number of fused-ring (bicyclic) bond motifs is 1. The third kappa shape index (κ3) is 2.80. The zero-order valence-corrected chi connectivity index (χ0v) is 13.1. The van der Waals surface area contributed by atoms with Gasteiger partial charge in [0, 0.05) is 23.0 Å². The van der Waals surface area contributed by atoms with Gasteiger partial charge in [-0.1, -0.05) is 19.8 Å². The number of aromatic amines is 1. The summed E-state index contributed by atoms with van der Waals surface area (Å²) in [4.78, 5) is 3.39. The molecule has 3 heteroatoms. The molecule has 2 aromatic rings. The van der Waals surface area contributed by atoms with Crippen molar-refractivity contribution in [3.63, 3.8) is 0 Å². The molecule has 1 fully saturated rings. The van der Waals surface area contributed by atoms with E-state index in [-0.39, 0.29) is 0 Å². The van der Waals surface area contributed by atoms with Gasteiger partial charge in [0.1, 0.15) is 5.75 Å². The quantitative estimate of drug-likeness (QED) is 0.891. The van der Waals surface area contributed by atoms with Crippen LogP contribution in [-0.4, -0.2) is 18.6 Å². The van der Waals surface area contributed by atoms with Gasteiger partial charge in [-0.25, -0.2) is 0 Å². The van der Waals surface area contributed by atoms with E-state index in [1.807, 2.05) is 6.07 Å². The zero-order chi connectivity index (χ0) is 14.8. The molecule has 1 aliphatic carbocycles. The molecule has 21 heavy (non-hydrogen) atoms. The Balaban J connectivity index is 1.96. The predicted octanol–water partition coefficient (Wildman–Crippen LogP) is 4.05. The van der Waals surface area contributed by atoms with Gasteiger partial charge in [-0.05, 0) is 55.0 Å². The molecule has 114 valence electrons. The first-order chi connectivity index (χ1) is 10.2. The van der Waals surface area contributed by atoms with Crippen LogP contribution >= 0.6 is 0 Å². The lowest BCUT2D eigenvalue weighted by Crippen LogP contribution is -2.25. The van der Waals surface area contributed by atoms with Gasteiger partial charge in [0.2, 0.25) is 0 Å². The lowest BCUT2D eigenvalue weighted by molar-refractivity contribution is 0.248. The average Bonchev–Trinajstić information content (AvgIpc) is 2.91. The minimum Gasteiger partial charge on any atom is -0.497 e. The molecular weight excluding hydrogens is 260 g/mol. The van der Waals surface area contributed by atoms with Gasteiger partial charge in [-0.2, -0.15) is 0 Å². The van der Waals surface area contributed by atoms with Crippen molar-refractivity contribution in [1.29, 1.82) is 0 Å². The summed E-state index contributed by atoms with van der Waals surface area (Å²) in [6.07, 6.45) is 7.48. The van der Waals surface area contributed by atoms with Crippen LogP contribution in [0.4, 0.5) is 0 Å². The second-order valence-electron chi connectivity index (χ2n) is 6.53. The van der Waals surface area contributed by atoms with Crippen LogP contribution in [0, 0.1) is 11.8 Å². The molecule has 3 nitrogen and oxygen atoms in total. The third-order valence-corrected chi connectivity index (χ3v) is 5.12. The lowest BCUT2D eigenvalue weighted by Gasteiger charge is -2.32. The number of hydrogen-bond donors (Lipinski definition) is 2. The Morgan fingerprint density at radius 2 is 2.24 bits per heavy atom. The van der Waals surface area contributed by atoms with E-state index in [0.717, 1.165) is 18.2 Å². The molecule has 3 unspecified atom stereocenters. The van der Waals surface area contributed by atoms with Gasteiger partial charge < -0.3 is 15.5 Å². The minimum atomic E-state index is 0.452. The predicted molar refractivity (Wildman–Crippen MR) is 87.8 cm³/mol. The van der Waals surface area contributed by atoms with Crippen LogP contribution in [0.25, 0.3) is 10.9 Å². The number of rotatable bonds is 4. The SMILES string of the molecule is COc1ccc2[nH]cc(C(CN)C3CCCC(C)C3)c2c1. The van der Waals surface area contributed by atoms with Crippen LogP contribution in [0.2, 0.25) is 0 Å². The molecule has 0 aliphatic heterocycles. The smallest absolute Gasteiger partial charge is 0.119 e. The highest BCUT2D eigenvalue weighted by atomic mass is 16.5. The summed E-state index contributed by atoms with van der Waals surface area (Å²) in [6, 6.07) is 6.23. The van der Waals surface area contributed by atoms with Gasteiger partial charge >= 0.3 is 0 Å². The van der Waals surface area contributed by atoms with Crippen LogP contribution in [0.5, 0.6) is 5.75 Å². The summed E-state index contributed by atoms with van der Waals surface area (Å²) in [7, 11) is 1.72. The highest BCUT2D eigenvalue weighted by molar-refractivity contribution is 5.85. The summed E-state index contributed by atoms with van der Waals surface area (Å²) >= 11 is 0. The highest BCUT2D eigenvalue weighted by Gasteiger charge is 2.28. The number of methoxy groups -OCH3 is 1. The summed E-state index contributed by atoms with van der Waals surface area (Å²) in [5.41, 5.74) is 8.70. The Morgan fingerprint density at radius 3 is 2.95 bits per heavy atom.